The quantitative estimate of drug-likeness (QED) is 0.729. The minimum absolute atomic E-state index is 0.274. The Morgan fingerprint density at radius 1 is 1.10 bits per heavy atom. The number of nitrogens with one attached hydrogen (secondary N) is 2. The summed E-state index contributed by atoms with van der Waals surface area (Å²) < 4.78 is 28.3. The molecule has 1 aliphatic rings. The predicted molar refractivity (Wildman–Crippen MR) is 92.0 cm³/mol. The molecule has 2 aromatic carbocycles. The maximum Gasteiger partial charge on any atom is 0.261 e. The summed E-state index contributed by atoms with van der Waals surface area (Å²) in [7, 11) is -3.60. The molecule has 2 N–H and O–H groups in total. The first-order valence-corrected chi connectivity index (χ1v) is 9.20. The van der Waals surface area contributed by atoms with Crippen LogP contribution >= 0.6 is 34.2 Å². The van der Waals surface area contributed by atoms with E-state index in [1.54, 1.807) is 30.3 Å². The van der Waals surface area contributed by atoms with Gasteiger partial charge in [0.05, 0.1) is 10.6 Å². The highest BCUT2D eigenvalue weighted by Gasteiger charge is 2.19. The summed E-state index contributed by atoms with van der Waals surface area (Å²) in [5.41, 5.74) is 2.71. The van der Waals surface area contributed by atoms with Crippen LogP contribution in [0.15, 0.2) is 41.3 Å². The van der Waals surface area contributed by atoms with Gasteiger partial charge in [0.2, 0.25) is 0 Å². The molecular formula is C14H12ClIN2O2S. The Hall–Kier alpha value is -0.830. The first-order chi connectivity index (χ1) is 9.95. The Kier molecular flexibility index (Phi) is 4.13. The van der Waals surface area contributed by atoms with Gasteiger partial charge in [-0.3, -0.25) is 4.72 Å². The van der Waals surface area contributed by atoms with Crippen LogP contribution in [0.4, 0.5) is 5.69 Å². The van der Waals surface area contributed by atoms with E-state index in [9.17, 15) is 8.42 Å². The summed E-state index contributed by atoms with van der Waals surface area (Å²) in [6.07, 6.45) is 0. The van der Waals surface area contributed by atoms with Crippen LogP contribution in [-0.2, 0) is 23.1 Å². The Balaban J connectivity index is 1.93. The second kappa shape index (κ2) is 5.75. The van der Waals surface area contributed by atoms with Crippen molar-refractivity contribution in [2.24, 2.45) is 0 Å². The van der Waals surface area contributed by atoms with Gasteiger partial charge in [0.1, 0.15) is 0 Å². The lowest BCUT2D eigenvalue weighted by molar-refractivity contribution is 0.601. The monoisotopic (exact) mass is 434 g/mol. The molecule has 0 amide bonds. The van der Waals surface area contributed by atoms with E-state index in [1.807, 2.05) is 6.07 Å². The zero-order chi connectivity index (χ0) is 15.0. The second-order valence-electron chi connectivity index (χ2n) is 4.76. The molecule has 0 saturated heterocycles. The van der Waals surface area contributed by atoms with Crippen molar-refractivity contribution in [2.45, 2.75) is 18.0 Å². The molecule has 1 heterocycles. The highest BCUT2D eigenvalue weighted by atomic mass is 127. The lowest BCUT2D eigenvalue weighted by Crippen LogP contribution is -2.14. The van der Waals surface area contributed by atoms with E-state index in [0.717, 1.165) is 21.2 Å². The van der Waals surface area contributed by atoms with Crippen LogP contribution in [0.25, 0.3) is 0 Å². The van der Waals surface area contributed by atoms with Gasteiger partial charge in [-0.2, -0.15) is 0 Å². The molecule has 4 nitrogen and oxygen atoms in total. The van der Waals surface area contributed by atoms with E-state index in [-0.39, 0.29) is 4.90 Å². The van der Waals surface area contributed by atoms with Crippen LogP contribution in [-0.4, -0.2) is 8.42 Å². The first kappa shape index (κ1) is 15.1. The van der Waals surface area contributed by atoms with Gasteiger partial charge in [0.25, 0.3) is 10.0 Å². The second-order valence-corrected chi connectivity index (χ2v) is 8.04. The van der Waals surface area contributed by atoms with E-state index in [0.29, 0.717) is 17.3 Å². The zero-order valence-corrected chi connectivity index (χ0v) is 14.6. The minimum atomic E-state index is -3.60. The van der Waals surface area contributed by atoms with E-state index in [2.05, 4.69) is 32.6 Å². The largest absolute Gasteiger partial charge is 0.309 e. The number of anilines is 1. The van der Waals surface area contributed by atoms with Crippen molar-refractivity contribution in [1.82, 2.24) is 5.32 Å². The lowest BCUT2D eigenvalue weighted by Gasteiger charge is -2.11. The van der Waals surface area contributed by atoms with Crippen molar-refractivity contribution < 1.29 is 8.42 Å². The molecule has 0 bridgehead atoms. The lowest BCUT2D eigenvalue weighted by atomic mass is 10.1. The summed E-state index contributed by atoms with van der Waals surface area (Å²) in [6.45, 7) is 1.50. The number of benzene rings is 2. The van der Waals surface area contributed by atoms with E-state index < -0.39 is 10.0 Å². The number of hydrogen-bond acceptors (Lipinski definition) is 3. The number of sulfonamides is 1. The molecule has 0 aliphatic carbocycles. The Labute approximate surface area is 142 Å². The summed E-state index contributed by atoms with van der Waals surface area (Å²) in [4.78, 5) is 0.274. The normalized spacial score (nSPS) is 14.0. The van der Waals surface area contributed by atoms with Crippen LogP contribution in [0.2, 0.25) is 5.02 Å². The fourth-order valence-corrected chi connectivity index (χ4v) is 4.53. The van der Waals surface area contributed by atoms with Crippen molar-refractivity contribution in [2.75, 3.05) is 4.72 Å². The average Bonchev–Trinajstić information content (AvgIpc) is 2.89. The smallest absolute Gasteiger partial charge is 0.261 e. The molecular weight excluding hydrogens is 423 g/mol. The molecule has 0 fully saturated rings. The standard InChI is InChI=1S/C14H12ClIN2O2S/c15-11-2-4-14(13(16)6-11)18-21(19,20)12-3-1-9-7-17-8-10(9)5-12/h1-6,17-18H,7-8H2. The molecule has 0 aromatic heterocycles. The molecule has 0 radical (unpaired) electrons. The number of fused-ring (bicyclic) bond motifs is 1. The molecule has 0 unspecified atom stereocenters. The summed E-state index contributed by atoms with van der Waals surface area (Å²) in [5.74, 6) is 0. The van der Waals surface area contributed by atoms with Crippen LogP contribution in [0.1, 0.15) is 11.1 Å². The van der Waals surface area contributed by atoms with Crippen molar-refractivity contribution in [1.29, 1.82) is 0 Å². The van der Waals surface area contributed by atoms with Gasteiger partial charge in [-0.15, -0.1) is 0 Å². The maximum absolute atomic E-state index is 12.5. The Morgan fingerprint density at radius 3 is 2.62 bits per heavy atom. The third-order valence-corrected chi connectivity index (χ3v) is 5.79. The highest BCUT2D eigenvalue weighted by Crippen LogP contribution is 2.26. The van der Waals surface area contributed by atoms with Crippen molar-refractivity contribution in [3.05, 3.63) is 56.1 Å². The first-order valence-electron chi connectivity index (χ1n) is 6.26. The van der Waals surface area contributed by atoms with E-state index in [1.165, 1.54) is 0 Å². The van der Waals surface area contributed by atoms with Gasteiger partial charge in [-0.05, 0) is 64.0 Å². The van der Waals surface area contributed by atoms with Crippen molar-refractivity contribution in [3.8, 4) is 0 Å². The predicted octanol–water partition coefficient (Wildman–Crippen LogP) is 3.35. The van der Waals surface area contributed by atoms with Gasteiger partial charge >= 0.3 is 0 Å². The van der Waals surface area contributed by atoms with Crippen molar-refractivity contribution in [3.63, 3.8) is 0 Å². The van der Waals surface area contributed by atoms with Crippen LogP contribution < -0.4 is 10.0 Å². The topological polar surface area (TPSA) is 58.2 Å². The average molecular weight is 435 g/mol. The fraction of sp³-hybridized carbons (Fsp3) is 0.143. The van der Waals surface area contributed by atoms with Gasteiger partial charge in [-0.1, -0.05) is 17.7 Å². The Bertz CT molecular complexity index is 809. The maximum atomic E-state index is 12.5. The third kappa shape index (κ3) is 3.18. The molecule has 7 heteroatoms. The number of hydrogen-bond donors (Lipinski definition) is 2. The minimum Gasteiger partial charge on any atom is -0.309 e. The van der Waals surface area contributed by atoms with E-state index >= 15 is 0 Å². The Morgan fingerprint density at radius 2 is 1.86 bits per heavy atom. The van der Waals surface area contributed by atoms with Crippen LogP contribution in [0.3, 0.4) is 0 Å². The van der Waals surface area contributed by atoms with Gasteiger partial charge in [-0.25, -0.2) is 8.42 Å². The number of halogens is 2. The zero-order valence-electron chi connectivity index (χ0n) is 10.9. The molecule has 21 heavy (non-hydrogen) atoms. The summed E-state index contributed by atoms with van der Waals surface area (Å²) in [5, 5.41) is 3.78. The van der Waals surface area contributed by atoms with Crippen LogP contribution in [0.5, 0.6) is 0 Å². The van der Waals surface area contributed by atoms with Gasteiger partial charge in [0, 0.05) is 21.7 Å². The molecule has 0 atom stereocenters. The molecule has 0 saturated carbocycles. The third-order valence-electron chi connectivity index (χ3n) is 3.29. The number of rotatable bonds is 3. The van der Waals surface area contributed by atoms with Crippen molar-refractivity contribution >= 4 is 49.9 Å². The molecule has 2 aromatic rings. The van der Waals surface area contributed by atoms with Crippen LogP contribution in [0, 0.1) is 3.57 Å². The molecule has 3 rings (SSSR count). The highest BCUT2D eigenvalue weighted by molar-refractivity contribution is 14.1. The van der Waals surface area contributed by atoms with Gasteiger partial charge in [0.15, 0.2) is 0 Å². The SMILES string of the molecule is O=S(=O)(Nc1ccc(Cl)cc1I)c1ccc2c(c1)CNC2. The summed E-state index contributed by atoms with van der Waals surface area (Å²) in [6, 6.07) is 10.3. The fourth-order valence-electron chi connectivity index (χ4n) is 2.21. The molecule has 0 spiro atoms. The van der Waals surface area contributed by atoms with Gasteiger partial charge < -0.3 is 5.32 Å². The van der Waals surface area contributed by atoms with E-state index in [4.69, 9.17) is 11.6 Å². The molecule has 110 valence electrons. The molecule has 1 aliphatic heterocycles. The summed E-state index contributed by atoms with van der Waals surface area (Å²) >= 11 is 7.93.